The van der Waals surface area contributed by atoms with Crippen molar-refractivity contribution in [3.8, 4) is 0 Å². The standard InChI is InChI=1S/C12H19NO/c1-3-5-10-6-4-7-11(8-10)12(14)9-13-2/h4,6-8,12-14H,3,5,9H2,1-2H3. The van der Waals surface area contributed by atoms with Crippen LogP contribution in [0.5, 0.6) is 0 Å². The van der Waals surface area contributed by atoms with E-state index in [2.05, 4.69) is 24.4 Å². The Balaban J connectivity index is 2.71. The lowest BCUT2D eigenvalue weighted by Gasteiger charge is -2.11. The molecule has 0 radical (unpaired) electrons. The molecule has 1 aromatic carbocycles. The summed E-state index contributed by atoms with van der Waals surface area (Å²) in [6, 6.07) is 8.19. The summed E-state index contributed by atoms with van der Waals surface area (Å²) in [5.41, 5.74) is 2.31. The zero-order chi connectivity index (χ0) is 10.4. The van der Waals surface area contributed by atoms with E-state index in [0.717, 1.165) is 18.4 Å². The van der Waals surface area contributed by atoms with Crippen molar-refractivity contribution in [3.05, 3.63) is 35.4 Å². The maximum Gasteiger partial charge on any atom is 0.0914 e. The van der Waals surface area contributed by atoms with E-state index in [4.69, 9.17) is 0 Å². The second kappa shape index (κ2) is 5.78. The summed E-state index contributed by atoms with van der Waals surface area (Å²) >= 11 is 0. The van der Waals surface area contributed by atoms with Gasteiger partial charge in [-0.05, 0) is 24.6 Å². The van der Waals surface area contributed by atoms with Gasteiger partial charge in [-0.25, -0.2) is 0 Å². The third-order valence-corrected chi connectivity index (χ3v) is 2.27. The molecule has 1 rings (SSSR count). The number of rotatable bonds is 5. The first-order chi connectivity index (χ1) is 6.77. The Morgan fingerprint density at radius 1 is 1.43 bits per heavy atom. The second-order valence-corrected chi connectivity index (χ2v) is 3.57. The minimum Gasteiger partial charge on any atom is -0.387 e. The molecule has 2 heteroatoms. The molecule has 0 aliphatic rings. The number of hydrogen-bond donors (Lipinski definition) is 2. The van der Waals surface area contributed by atoms with E-state index in [-0.39, 0.29) is 0 Å². The smallest absolute Gasteiger partial charge is 0.0914 e. The number of aliphatic hydroxyl groups excluding tert-OH is 1. The van der Waals surface area contributed by atoms with Gasteiger partial charge >= 0.3 is 0 Å². The number of hydrogen-bond acceptors (Lipinski definition) is 2. The van der Waals surface area contributed by atoms with Crippen molar-refractivity contribution in [1.82, 2.24) is 5.32 Å². The van der Waals surface area contributed by atoms with Crippen LogP contribution in [-0.4, -0.2) is 18.7 Å². The van der Waals surface area contributed by atoms with Crippen LogP contribution >= 0.6 is 0 Å². The average molecular weight is 193 g/mol. The molecule has 0 aliphatic carbocycles. The molecule has 0 spiro atoms. The topological polar surface area (TPSA) is 32.3 Å². The first-order valence-corrected chi connectivity index (χ1v) is 5.19. The molecule has 0 amide bonds. The predicted molar refractivity (Wildman–Crippen MR) is 59.3 cm³/mol. The molecule has 0 saturated heterocycles. The quantitative estimate of drug-likeness (QED) is 0.748. The van der Waals surface area contributed by atoms with Crippen LogP contribution in [0.2, 0.25) is 0 Å². The largest absolute Gasteiger partial charge is 0.387 e. The lowest BCUT2D eigenvalue weighted by molar-refractivity contribution is 0.177. The Morgan fingerprint density at radius 3 is 2.86 bits per heavy atom. The molecule has 1 atom stereocenters. The Kier molecular flexibility index (Phi) is 4.63. The van der Waals surface area contributed by atoms with Gasteiger partial charge in [0.25, 0.3) is 0 Å². The summed E-state index contributed by atoms with van der Waals surface area (Å²) < 4.78 is 0. The van der Waals surface area contributed by atoms with Crippen LogP contribution in [0.4, 0.5) is 0 Å². The van der Waals surface area contributed by atoms with E-state index < -0.39 is 6.10 Å². The highest BCUT2D eigenvalue weighted by atomic mass is 16.3. The monoisotopic (exact) mass is 193 g/mol. The van der Waals surface area contributed by atoms with E-state index in [0.29, 0.717) is 6.54 Å². The molecule has 0 fully saturated rings. The maximum atomic E-state index is 9.75. The van der Waals surface area contributed by atoms with Crippen LogP contribution in [-0.2, 0) is 6.42 Å². The van der Waals surface area contributed by atoms with E-state index in [9.17, 15) is 5.11 Å². The van der Waals surface area contributed by atoms with E-state index in [1.54, 1.807) is 0 Å². The molecule has 14 heavy (non-hydrogen) atoms. The molecule has 1 aromatic rings. The second-order valence-electron chi connectivity index (χ2n) is 3.57. The lowest BCUT2D eigenvalue weighted by Crippen LogP contribution is -2.16. The summed E-state index contributed by atoms with van der Waals surface area (Å²) in [6.07, 6.45) is 1.84. The van der Waals surface area contributed by atoms with Crippen LogP contribution in [0, 0.1) is 0 Å². The van der Waals surface area contributed by atoms with Crippen molar-refractivity contribution in [1.29, 1.82) is 0 Å². The van der Waals surface area contributed by atoms with Gasteiger partial charge < -0.3 is 10.4 Å². The van der Waals surface area contributed by atoms with Gasteiger partial charge in [0.2, 0.25) is 0 Å². The Labute approximate surface area is 86.0 Å². The predicted octanol–water partition coefficient (Wildman–Crippen LogP) is 1.89. The normalized spacial score (nSPS) is 12.8. The maximum absolute atomic E-state index is 9.75. The molecule has 0 aromatic heterocycles. The summed E-state index contributed by atoms with van der Waals surface area (Å²) in [7, 11) is 1.85. The highest BCUT2D eigenvalue weighted by Crippen LogP contribution is 2.14. The molecule has 2 N–H and O–H groups in total. The first-order valence-electron chi connectivity index (χ1n) is 5.19. The Morgan fingerprint density at radius 2 is 2.21 bits per heavy atom. The van der Waals surface area contributed by atoms with Crippen molar-refractivity contribution < 1.29 is 5.11 Å². The van der Waals surface area contributed by atoms with Gasteiger partial charge in [0.05, 0.1) is 6.10 Å². The fraction of sp³-hybridized carbons (Fsp3) is 0.500. The fourth-order valence-corrected chi connectivity index (χ4v) is 1.56. The molecule has 0 aliphatic heterocycles. The zero-order valence-corrected chi connectivity index (χ0v) is 8.96. The van der Waals surface area contributed by atoms with Gasteiger partial charge in [-0.2, -0.15) is 0 Å². The van der Waals surface area contributed by atoms with E-state index in [1.165, 1.54) is 5.56 Å². The van der Waals surface area contributed by atoms with Crippen molar-refractivity contribution in [2.24, 2.45) is 0 Å². The number of benzene rings is 1. The number of aryl methyl sites for hydroxylation is 1. The van der Waals surface area contributed by atoms with Crippen molar-refractivity contribution in [3.63, 3.8) is 0 Å². The summed E-state index contributed by atoms with van der Waals surface area (Å²) in [6.45, 7) is 2.77. The molecule has 0 saturated carbocycles. The summed E-state index contributed by atoms with van der Waals surface area (Å²) in [4.78, 5) is 0. The number of likely N-dealkylation sites (N-methyl/N-ethyl adjacent to an activating group) is 1. The van der Waals surface area contributed by atoms with E-state index in [1.807, 2.05) is 19.2 Å². The first kappa shape index (κ1) is 11.2. The van der Waals surface area contributed by atoms with Crippen molar-refractivity contribution in [2.75, 3.05) is 13.6 Å². The van der Waals surface area contributed by atoms with Gasteiger partial charge in [0, 0.05) is 6.54 Å². The molecule has 0 heterocycles. The molecule has 0 bridgehead atoms. The van der Waals surface area contributed by atoms with Crippen LogP contribution in [0.1, 0.15) is 30.6 Å². The molecule has 2 nitrogen and oxygen atoms in total. The average Bonchev–Trinajstić information content (AvgIpc) is 2.19. The SMILES string of the molecule is CCCc1cccc(C(O)CNC)c1. The minimum absolute atomic E-state index is 0.392. The lowest BCUT2D eigenvalue weighted by atomic mass is 10.0. The fourth-order valence-electron chi connectivity index (χ4n) is 1.56. The van der Waals surface area contributed by atoms with E-state index >= 15 is 0 Å². The third kappa shape index (κ3) is 3.13. The minimum atomic E-state index is -0.392. The number of aliphatic hydroxyl groups is 1. The summed E-state index contributed by atoms with van der Waals surface area (Å²) in [5.74, 6) is 0. The molecular formula is C12H19NO. The van der Waals surface area contributed by atoms with Crippen molar-refractivity contribution >= 4 is 0 Å². The highest BCUT2D eigenvalue weighted by Gasteiger charge is 2.05. The third-order valence-electron chi connectivity index (χ3n) is 2.27. The number of nitrogens with one attached hydrogen (secondary N) is 1. The van der Waals surface area contributed by atoms with Gasteiger partial charge in [-0.3, -0.25) is 0 Å². The Hall–Kier alpha value is -0.860. The van der Waals surface area contributed by atoms with Gasteiger partial charge in [-0.15, -0.1) is 0 Å². The van der Waals surface area contributed by atoms with Gasteiger partial charge in [-0.1, -0.05) is 37.6 Å². The Bertz CT molecular complexity index is 273. The highest BCUT2D eigenvalue weighted by molar-refractivity contribution is 5.25. The van der Waals surface area contributed by atoms with Crippen LogP contribution in [0.3, 0.4) is 0 Å². The molecule has 78 valence electrons. The molecule has 1 unspecified atom stereocenters. The van der Waals surface area contributed by atoms with Crippen LogP contribution < -0.4 is 5.32 Å². The summed E-state index contributed by atoms with van der Waals surface area (Å²) in [5, 5.41) is 12.7. The van der Waals surface area contributed by atoms with Crippen LogP contribution in [0.15, 0.2) is 24.3 Å². The molecular weight excluding hydrogens is 174 g/mol. The van der Waals surface area contributed by atoms with Gasteiger partial charge in [0.1, 0.15) is 0 Å². The zero-order valence-electron chi connectivity index (χ0n) is 8.96. The van der Waals surface area contributed by atoms with Gasteiger partial charge in [0.15, 0.2) is 0 Å². The van der Waals surface area contributed by atoms with Crippen LogP contribution in [0.25, 0.3) is 0 Å². The van der Waals surface area contributed by atoms with Crippen molar-refractivity contribution in [2.45, 2.75) is 25.9 Å².